The number of halogens is 1. The summed E-state index contributed by atoms with van der Waals surface area (Å²) in [4.78, 5) is 23.2. The summed E-state index contributed by atoms with van der Waals surface area (Å²) in [7, 11) is 0. The van der Waals surface area contributed by atoms with Crippen LogP contribution in [0.15, 0.2) is 48.9 Å². The van der Waals surface area contributed by atoms with E-state index in [0.29, 0.717) is 19.1 Å². The Kier molecular flexibility index (Phi) is 5.11. The number of hydrogen-bond donors (Lipinski definition) is 1. The zero-order chi connectivity index (χ0) is 18.6. The topological polar surface area (TPSA) is 63.1 Å². The van der Waals surface area contributed by atoms with Crippen LogP contribution in [0.3, 0.4) is 0 Å². The van der Waals surface area contributed by atoms with Crippen molar-refractivity contribution in [1.29, 1.82) is 0 Å². The molecule has 0 spiro atoms. The van der Waals surface area contributed by atoms with E-state index in [1.807, 2.05) is 18.5 Å². The van der Waals surface area contributed by atoms with Crippen LogP contribution in [-0.4, -0.2) is 45.0 Å². The molecule has 1 fully saturated rings. The number of carbonyl (C=O) groups is 1. The molecule has 27 heavy (non-hydrogen) atoms. The first-order chi connectivity index (χ1) is 13.2. The number of likely N-dealkylation sites (tertiary alicyclic amines) is 1. The molecule has 1 aromatic carbocycles. The molecular weight excluding hydrogens is 345 g/mol. The average Bonchev–Trinajstić information content (AvgIpc) is 3.12. The minimum atomic E-state index is -0.270. The van der Waals surface area contributed by atoms with E-state index in [4.69, 9.17) is 0 Å². The fourth-order valence-corrected chi connectivity index (χ4v) is 3.55. The SMILES string of the molecule is O=C(CN1CCC(n2cnc3cccnc32)CC1)NCc1ccc(F)cc1. The Hall–Kier alpha value is -2.80. The van der Waals surface area contributed by atoms with Crippen LogP contribution in [0.4, 0.5) is 4.39 Å². The summed E-state index contributed by atoms with van der Waals surface area (Å²) in [5.41, 5.74) is 2.73. The molecule has 0 bridgehead atoms. The fourth-order valence-electron chi connectivity index (χ4n) is 3.55. The average molecular weight is 367 g/mol. The van der Waals surface area contributed by atoms with Crippen LogP contribution >= 0.6 is 0 Å². The molecule has 1 N–H and O–H groups in total. The summed E-state index contributed by atoms with van der Waals surface area (Å²) in [6.45, 7) is 2.53. The maximum atomic E-state index is 12.9. The summed E-state index contributed by atoms with van der Waals surface area (Å²) >= 11 is 0. The number of pyridine rings is 1. The Balaban J connectivity index is 1.26. The molecule has 0 atom stereocenters. The molecule has 4 rings (SSSR count). The smallest absolute Gasteiger partial charge is 0.234 e. The largest absolute Gasteiger partial charge is 0.351 e. The van der Waals surface area contributed by atoms with Crippen molar-refractivity contribution >= 4 is 17.1 Å². The first-order valence-electron chi connectivity index (χ1n) is 9.20. The lowest BCUT2D eigenvalue weighted by Crippen LogP contribution is -2.41. The standard InChI is InChI=1S/C20H22FN5O/c21-16-5-3-15(4-6-16)12-23-19(27)13-25-10-7-17(8-11-25)26-14-24-18-2-1-9-22-20(18)26/h1-6,9,14,17H,7-8,10-13H2,(H,23,27). The molecule has 1 amide bonds. The maximum absolute atomic E-state index is 12.9. The third kappa shape index (κ3) is 4.14. The van der Waals surface area contributed by atoms with Gasteiger partial charge in [-0.25, -0.2) is 14.4 Å². The van der Waals surface area contributed by atoms with Gasteiger partial charge in [-0.15, -0.1) is 0 Å². The number of fused-ring (bicyclic) bond motifs is 1. The second-order valence-corrected chi connectivity index (χ2v) is 6.91. The minimum Gasteiger partial charge on any atom is -0.351 e. The van der Waals surface area contributed by atoms with Crippen molar-refractivity contribution in [1.82, 2.24) is 24.8 Å². The molecule has 7 heteroatoms. The van der Waals surface area contributed by atoms with Crippen molar-refractivity contribution in [2.75, 3.05) is 19.6 Å². The van der Waals surface area contributed by atoms with Crippen molar-refractivity contribution in [3.8, 4) is 0 Å². The zero-order valence-corrected chi connectivity index (χ0v) is 15.0. The zero-order valence-electron chi connectivity index (χ0n) is 15.0. The number of amides is 1. The molecule has 0 aliphatic carbocycles. The van der Waals surface area contributed by atoms with Gasteiger partial charge in [-0.05, 0) is 42.7 Å². The molecule has 1 aliphatic rings. The lowest BCUT2D eigenvalue weighted by Gasteiger charge is -2.32. The van der Waals surface area contributed by atoms with Gasteiger partial charge in [0.25, 0.3) is 0 Å². The van der Waals surface area contributed by atoms with E-state index in [9.17, 15) is 9.18 Å². The Morgan fingerprint density at radius 2 is 1.93 bits per heavy atom. The van der Waals surface area contributed by atoms with Gasteiger partial charge in [0.2, 0.25) is 5.91 Å². The fraction of sp³-hybridized carbons (Fsp3) is 0.350. The number of nitrogens with one attached hydrogen (secondary N) is 1. The van der Waals surface area contributed by atoms with Crippen LogP contribution in [0.25, 0.3) is 11.2 Å². The summed E-state index contributed by atoms with van der Waals surface area (Å²) in [5, 5.41) is 2.90. The molecule has 6 nitrogen and oxygen atoms in total. The normalized spacial score (nSPS) is 15.9. The number of hydrogen-bond acceptors (Lipinski definition) is 4. The van der Waals surface area contributed by atoms with E-state index in [2.05, 4.69) is 24.8 Å². The molecule has 1 saturated heterocycles. The Morgan fingerprint density at radius 3 is 2.70 bits per heavy atom. The van der Waals surface area contributed by atoms with Gasteiger partial charge < -0.3 is 9.88 Å². The highest BCUT2D eigenvalue weighted by molar-refractivity contribution is 5.78. The molecule has 0 saturated carbocycles. The summed E-state index contributed by atoms with van der Waals surface area (Å²) in [6, 6.07) is 10.4. The number of rotatable bonds is 5. The van der Waals surface area contributed by atoms with Gasteiger partial charge in [0, 0.05) is 31.9 Å². The monoisotopic (exact) mass is 367 g/mol. The number of aromatic nitrogens is 3. The van der Waals surface area contributed by atoms with Crippen molar-refractivity contribution in [3.63, 3.8) is 0 Å². The Labute approximate surface area is 157 Å². The number of piperidine rings is 1. The van der Waals surface area contributed by atoms with Crippen LogP contribution in [-0.2, 0) is 11.3 Å². The van der Waals surface area contributed by atoms with E-state index in [1.54, 1.807) is 18.3 Å². The van der Waals surface area contributed by atoms with Crippen LogP contribution in [0.5, 0.6) is 0 Å². The summed E-state index contributed by atoms with van der Waals surface area (Å²) in [5.74, 6) is -0.277. The Morgan fingerprint density at radius 1 is 1.15 bits per heavy atom. The van der Waals surface area contributed by atoms with Crippen LogP contribution in [0.2, 0.25) is 0 Å². The molecule has 0 unspecified atom stereocenters. The first kappa shape index (κ1) is 17.6. The van der Waals surface area contributed by atoms with Crippen LogP contribution in [0.1, 0.15) is 24.4 Å². The van der Waals surface area contributed by atoms with Crippen LogP contribution in [0, 0.1) is 5.82 Å². The van der Waals surface area contributed by atoms with E-state index in [1.165, 1.54) is 12.1 Å². The third-order valence-corrected chi connectivity index (χ3v) is 5.05. The van der Waals surface area contributed by atoms with Gasteiger partial charge in [-0.3, -0.25) is 9.69 Å². The van der Waals surface area contributed by atoms with E-state index in [0.717, 1.165) is 42.7 Å². The molecule has 0 radical (unpaired) electrons. The van der Waals surface area contributed by atoms with Gasteiger partial charge in [-0.2, -0.15) is 0 Å². The summed E-state index contributed by atoms with van der Waals surface area (Å²) in [6.07, 6.45) is 5.59. The van der Waals surface area contributed by atoms with Crippen molar-refractivity contribution in [3.05, 3.63) is 60.3 Å². The number of nitrogens with zero attached hydrogens (tertiary/aromatic N) is 4. The van der Waals surface area contributed by atoms with Crippen molar-refractivity contribution < 1.29 is 9.18 Å². The predicted molar refractivity (Wildman–Crippen MR) is 100 cm³/mol. The van der Waals surface area contributed by atoms with Crippen molar-refractivity contribution in [2.45, 2.75) is 25.4 Å². The lowest BCUT2D eigenvalue weighted by atomic mass is 10.0. The Bertz CT molecular complexity index is 916. The molecule has 140 valence electrons. The number of carbonyl (C=O) groups excluding carboxylic acids is 1. The highest BCUT2D eigenvalue weighted by Crippen LogP contribution is 2.25. The quantitative estimate of drug-likeness (QED) is 0.753. The lowest BCUT2D eigenvalue weighted by molar-refractivity contribution is -0.122. The van der Waals surface area contributed by atoms with Gasteiger partial charge in [0.1, 0.15) is 11.3 Å². The van der Waals surface area contributed by atoms with E-state index < -0.39 is 0 Å². The van der Waals surface area contributed by atoms with Gasteiger partial charge in [-0.1, -0.05) is 12.1 Å². The van der Waals surface area contributed by atoms with Gasteiger partial charge in [0.15, 0.2) is 5.65 Å². The summed E-state index contributed by atoms with van der Waals surface area (Å²) < 4.78 is 15.1. The molecule has 3 aromatic rings. The van der Waals surface area contributed by atoms with Crippen LogP contribution < -0.4 is 5.32 Å². The van der Waals surface area contributed by atoms with Gasteiger partial charge in [0.05, 0.1) is 12.9 Å². The van der Waals surface area contributed by atoms with Crippen molar-refractivity contribution in [2.24, 2.45) is 0 Å². The molecule has 2 aromatic heterocycles. The minimum absolute atomic E-state index is 0.00692. The third-order valence-electron chi connectivity index (χ3n) is 5.05. The maximum Gasteiger partial charge on any atom is 0.234 e. The van der Waals surface area contributed by atoms with E-state index >= 15 is 0 Å². The number of benzene rings is 1. The second-order valence-electron chi connectivity index (χ2n) is 6.91. The molecule has 1 aliphatic heterocycles. The van der Waals surface area contributed by atoms with Gasteiger partial charge >= 0.3 is 0 Å². The molecular formula is C20H22FN5O. The highest BCUT2D eigenvalue weighted by Gasteiger charge is 2.23. The van der Waals surface area contributed by atoms with E-state index in [-0.39, 0.29) is 11.7 Å². The predicted octanol–water partition coefficient (Wildman–Crippen LogP) is 2.52. The number of imidazole rings is 1. The second kappa shape index (κ2) is 7.84. The first-order valence-corrected chi connectivity index (χ1v) is 9.20. The highest BCUT2D eigenvalue weighted by atomic mass is 19.1. The molecule has 3 heterocycles.